The normalized spacial score (nSPS) is 18.0. The zero-order chi connectivity index (χ0) is 13.0. The third kappa shape index (κ3) is 3.85. The lowest BCUT2D eigenvalue weighted by Gasteiger charge is -2.16. The first kappa shape index (κ1) is 15.8. The Hall–Kier alpha value is -1.26. The fraction of sp³-hybridized carbons (Fsp3) is 0.500. The lowest BCUT2D eigenvalue weighted by Crippen LogP contribution is -2.35. The highest BCUT2D eigenvalue weighted by atomic mass is 35.5. The minimum absolute atomic E-state index is 0. The third-order valence-corrected chi connectivity index (χ3v) is 3.46. The number of nitrogens with one attached hydrogen (secondary N) is 1. The molecule has 0 radical (unpaired) electrons. The molecule has 0 aromatic heterocycles. The zero-order valence-corrected chi connectivity index (χ0v) is 12.2. The molecule has 0 saturated carbocycles. The van der Waals surface area contributed by atoms with E-state index in [2.05, 4.69) is 17.4 Å². The van der Waals surface area contributed by atoms with Gasteiger partial charge in [-0.05, 0) is 31.2 Å². The Bertz CT molecular complexity index is 408. The summed E-state index contributed by atoms with van der Waals surface area (Å²) in [6.45, 7) is 2.11. The highest BCUT2D eigenvalue weighted by molar-refractivity contribution is 5.85. The van der Waals surface area contributed by atoms with E-state index in [0.717, 1.165) is 25.3 Å². The van der Waals surface area contributed by atoms with Gasteiger partial charge >= 0.3 is 0 Å². The van der Waals surface area contributed by atoms with Crippen molar-refractivity contribution in [3.05, 3.63) is 29.8 Å². The van der Waals surface area contributed by atoms with E-state index < -0.39 is 0 Å². The number of hydrogen-bond donors (Lipinski definition) is 1. The number of ether oxygens (including phenoxy) is 1. The molecule has 4 nitrogen and oxygen atoms in total. The van der Waals surface area contributed by atoms with Crippen molar-refractivity contribution in [2.75, 3.05) is 33.8 Å². The van der Waals surface area contributed by atoms with Crippen molar-refractivity contribution in [2.45, 2.75) is 12.3 Å². The average molecular weight is 285 g/mol. The summed E-state index contributed by atoms with van der Waals surface area (Å²) in [5.41, 5.74) is 1.29. The van der Waals surface area contributed by atoms with Crippen molar-refractivity contribution in [2.24, 2.45) is 0 Å². The minimum atomic E-state index is 0. The van der Waals surface area contributed by atoms with Gasteiger partial charge in [-0.15, -0.1) is 12.4 Å². The van der Waals surface area contributed by atoms with Crippen molar-refractivity contribution >= 4 is 18.3 Å². The van der Waals surface area contributed by atoms with Gasteiger partial charge in [0.25, 0.3) is 0 Å². The van der Waals surface area contributed by atoms with Gasteiger partial charge in [0.15, 0.2) is 0 Å². The molecule has 1 unspecified atom stereocenters. The highest BCUT2D eigenvalue weighted by Gasteiger charge is 2.26. The number of methoxy groups -OCH3 is 1. The molecule has 0 aliphatic carbocycles. The monoisotopic (exact) mass is 284 g/mol. The summed E-state index contributed by atoms with van der Waals surface area (Å²) >= 11 is 0. The van der Waals surface area contributed by atoms with E-state index in [1.54, 1.807) is 14.2 Å². The molecule has 1 amide bonds. The Morgan fingerprint density at radius 3 is 2.68 bits per heavy atom. The molecule has 1 saturated heterocycles. The molecule has 5 heteroatoms. The fourth-order valence-corrected chi connectivity index (χ4v) is 2.40. The lowest BCUT2D eigenvalue weighted by atomic mass is 9.98. The van der Waals surface area contributed by atoms with Crippen LogP contribution < -0.4 is 10.1 Å². The number of benzene rings is 1. The molecule has 1 aliphatic rings. The van der Waals surface area contributed by atoms with Crippen LogP contribution >= 0.6 is 12.4 Å². The number of rotatable bonds is 4. The number of likely N-dealkylation sites (tertiary alicyclic amines) is 1. The quantitative estimate of drug-likeness (QED) is 0.914. The van der Waals surface area contributed by atoms with E-state index in [9.17, 15) is 4.79 Å². The molecular formula is C14H21ClN2O2. The van der Waals surface area contributed by atoms with E-state index in [1.807, 2.05) is 17.0 Å². The van der Waals surface area contributed by atoms with Crippen LogP contribution in [0.2, 0.25) is 0 Å². The van der Waals surface area contributed by atoms with Crippen LogP contribution in [0.1, 0.15) is 17.9 Å². The van der Waals surface area contributed by atoms with Gasteiger partial charge in [-0.25, -0.2) is 0 Å². The van der Waals surface area contributed by atoms with Crippen LogP contribution in [0.3, 0.4) is 0 Å². The Kier molecular flexibility index (Phi) is 6.12. The van der Waals surface area contributed by atoms with E-state index in [1.165, 1.54) is 5.56 Å². The molecule has 2 rings (SSSR count). The lowest BCUT2D eigenvalue weighted by molar-refractivity contribution is -0.129. The largest absolute Gasteiger partial charge is 0.497 e. The maximum absolute atomic E-state index is 11.8. The summed E-state index contributed by atoms with van der Waals surface area (Å²) < 4.78 is 5.15. The van der Waals surface area contributed by atoms with Gasteiger partial charge in [-0.2, -0.15) is 0 Å². The van der Waals surface area contributed by atoms with Crippen molar-refractivity contribution in [3.63, 3.8) is 0 Å². The fourth-order valence-electron chi connectivity index (χ4n) is 2.40. The molecule has 1 atom stereocenters. The van der Waals surface area contributed by atoms with E-state index in [0.29, 0.717) is 12.5 Å². The molecule has 19 heavy (non-hydrogen) atoms. The molecule has 0 bridgehead atoms. The second-order valence-corrected chi connectivity index (χ2v) is 4.63. The van der Waals surface area contributed by atoms with Crippen LogP contribution in [0.25, 0.3) is 0 Å². The van der Waals surface area contributed by atoms with Gasteiger partial charge < -0.3 is 15.0 Å². The minimum Gasteiger partial charge on any atom is -0.497 e. The third-order valence-electron chi connectivity index (χ3n) is 3.46. The van der Waals surface area contributed by atoms with Crippen molar-refractivity contribution < 1.29 is 9.53 Å². The van der Waals surface area contributed by atoms with E-state index in [-0.39, 0.29) is 18.3 Å². The smallest absolute Gasteiger partial charge is 0.236 e. The van der Waals surface area contributed by atoms with Gasteiger partial charge in [-0.3, -0.25) is 4.79 Å². The molecule has 1 N–H and O–H groups in total. The second kappa shape index (κ2) is 7.36. The van der Waals surface area contributed by atoms with E-state index in [4.69, 9.17) is 4.74 Å². The maximum Gasteiger partial charge on any atom is 0.236 e. The summed E-state index contributed by atoms with van der Waals surface area (Å²) in [6.07, 6.45) is 1.04. The Balaban J connectivity index is 0.00000180. The van der Waals surface area contributed by atoms with Crippen LogP contribution in [0.5, 0.6) is 5.75 Å². The van der Waals surface area contributed by atoms with Gasteiger partial charge in [0.2, 0.25) is 5.91 Å². The molecular weight excluding hydrogens is 264 g/mol. The molecule has 1 aromatic carbocycles. The van der Waals surface area contributed by atoms with Crippen molar-refractivity contribution in [3.8, 4) is 5.75 Å². The van der Waals surface area contributed by atoms with Crippen molar-refractivity contribution in [1.29, 1.82) is 0 Å². The number of nitrogens with zero attached hydrogens (tertiary/aromatic N) is 1. The van der Waals surface area contributed by atoms with Crippen molar-refractivity contribution in [1.82, 2.24) is 10.2 Å². The van der Waals surface area contributed by atoms with Crippen LogP contribution in [0.4, 0.5) is 0 Å². The zero-order valence-electron chi connectivity index (χ0n) is 11.4. The molecule has 1 heterocycles. The SMILES string of the molecule is CNCC(=O)N1CCC(c2ccc(OC)cc2)C1.Cl. The molecule has 106 valence electrons. The molecule has 1 aromatic rings. The Morgan fingerprint density at radius 1 is 1.42 bits per heavy atom. The first-order chi connectivity index (χ1) is 8.74. The summed E-state index contributed by atoms with van der Waals surface area (Å²) in [5.74, 6) is 1.52. The standard InChI is InChI=1S/C14H20N2O2.ClH/c1-15-9-14(17)16-8-7-12(10-16)11-3-5-13(18-2)6-4-11;/h3-6,12,15H,7-10H2,1-2H3;1H. The van der Waals surface area contributed by atoms with E-state index >= 15 is 0 Å². The number of likely N-dealkylation sites (N-methyl/N-ethyl adjacent to an activating group) is 1. The second-order valence-electron chi connectivity index (χ2n) is 4.63. The molecule has 1 fully saturated rings. The summed E-state index contributed by atoms with van der Waals surface area (Å²) in [5, 5.41) is 2.91. The van der Waals surface area contributed by atoms with Gasteiger partial charge in [0, 0.05) is 19.0 Å². The van der Waals surface area contributed by atoms with Gasteiger partial charge in [0.1, 0.15) is 5.75 Å². The molecule has 1 aliphatic heterocycles. The topological polar surface area (TPSA) is 41.6 Å². The Labute approximate surface area is 120 Å². The average Bonchev–Trinajstić information content (AvgIpc) is 2.89. The summed E-state index contributed by atoms with van der Waals surface area (Å²) in [7, 11) is 3.47. The van der Waals surface area contributed by atoms with Crippen LogP contribution in [0.15, 0.2) is 24.3 Å². The number of carbonyl (C=O) groups excluding carboxylic acids is 1. The summed E-state index contributed by atoms with van der Waals surface area (Å²) in [4.78, 5) is 13.7. The highest BCUT2D eigenvalue weighted by Crippen LogP contribution is 2.28. The van der Waals surface area contributed by atoms with Crippen LogP contribution in [0, 0.1) is 0 Å². The Morgan fingerprint density at radius 2 is 2.11 bits per heavy atom. The first-order valence-corrected chi connectivity index (χ1v) is 6.31. The molecule has 0 spiro atoms. The number of amides is 1. The van der Waals surface area contributed by atoms with Crippen LogP contribution in [-0.2, 0) is 4.79 Å². The predicted octanol–water partition coefficient (Wildman–Crippen LogP) is 1.65. The van der Waals surface area contributed by atoms with Crippen LogP contribution in [-0.4, -0.2) is 44.6 Å². The first-order valence-electron chi connectivity index (χ1n) is 6.31. The summed E-state index contributed by atoms with van der Waals surface area (Å²) in [6, 6.07) is 8.14. The number of carbonyl (C=O) groups is 1. The number of hydrogen-bond acceptors (Lipinski definition) is 3. The maximum atomic E-state index is 11.8. The van der Waals surface area contributed by atoms with Gasteiger partial charge in [0.05, 0.1) is 13.7 Å². The van der Waals surface area contributed by atoms with Gasteiger partial charge in [-0.1, -0.05) is 12.1 Å². The number of halogens is 1. The predicted molar refractivity (Wildman–Crippen MR) is 78.1 cm³/mol.